The van der Waals surface area contributed by atoms with Crippen molar-refractivity contribution in [1.29, 1.82) is 0 Å². The average Bonchev–Trinajstić information content (AvgIpc) is 2.26. The van der Waals surface area contributed by atoms with Crippen LogP contribution in [0.5, 0.6) is 0 Å². The van der Waals surface area contributed by atoms with Gasteiger partial charge < -0.3 is 10.4 Å². The van der Waals surface area contributed by atoms with E-state index < -0.39 is 5.97 Å². The monoisotopic (exact) mass is 153 g/mol. The summed E-state index contributed by atoms with van der Waals surface area (Å²) < 4.78 is 0. The van der Waals surface area contributed by atoms with E-state index in [1.165, 1.54) is 6.08 Å². The molecule has 1 aliphatic heterocycles. The van der Waals surface area contributed by atoms with Gasteiger partial charge in [0.05, 0.1) is 0 Å². The molecular formula is C8H11NO2. The van der Waals surface area contributed by atoms with Crippen molar-refractivity contribution in [3.8, 4) is 0 Å². The Morgan fingerprint density at radius 3 is 3.18 bits per heavy atom. The van der Waals surface area contributed by atoms with Gasteiger partial charge in [0.25, 0.3) is 0 Å². The van der Waals surface area contributed by atoms with Crippen LogP contribution in [0.25, 0.3) is 0 Å². The van der Waals surface area contributed by atoms with Crippen LogP contribution < -0.4 is 5.32 Å². The second-order valence-electron chi connectivity index (χ2n) is 3.22. The van der Waals surface area contributed by atoms with Crippen LogP contribution >= 0.6 is 0 Å². The Balaban J connectivity index is 2.05. The van der Waals surface area contributed by atoms with Crippen LogP contribution in [0.4, 0.5) is 0 Å². The normalized spacial score (nSPS) is 38.4. The number of rotatable bonds is 1. The van der Waals surface area contributed by atoms with Crippen molar-refractivity contribution in [2.45, 2.75) is 18.9 Å². The molecule has 0 aromatic carbocycles. The quantitative estimate of drug-likeness (QED) is 0.535. The van der Waals surface area contributed by atoms with Crippen molar-refractivity contribution in [2.24, 2.45) is 5.92 Å². The van der Waals surface area contributed by atoms with Gasteiger partial charge in [0.1, 0.15) is 0 Å². The molecule has 11 heavy (non-hydrogen) atoms. The van der Waals surface area contributed by atoms with E-state index in [0.29, 0.717) is 12.0 Å². The Morgan fingerprint density at radius 2 is 2.55 bits per heavy atom. The molecule has 0 amide bonds. The molecule has 2 aliphatic rings. The topological polar surface area (TPSA) is 49.3 Å². The summed E-state index contributed by atoms with van der Waals surface area (Å²) in [5.41, 5.74) is 1.12. The van der Waals surface area contributed by atoms with Gasteiger partial charge >= 0.3 is 5.97 Å². The van der Waals surface area contributed by atoms with Crippen LogP contribution in [0.15, 0.2) is 11.6 Å². The Hall–Kier alpha value is -0.830. The van der Waals surface area contributed by atoms with Crippen LogP contribution in [0, 0.1) is 5.92 Å². The first-order chi connectivity index (χ1) is 5.27. The Bertz CT molecular complexity index is 222. The van der Waals surface area contributed by atoms with E-state index in [-0.39, 0.29) is 0 Å². The van der Waals surface area contributed by atoms with Crippen molar-refractivity contribution in [2.75, 3.05) is 6.54 Å². The van der Waals surface area contributed by atoms with E-state index in [4.69, 9.17) is 5.11 Å². The summed E-state index contributed by atoms with van der Waals surface area (Å²) in [4.78, 5) is 10.3. The lowest BCUT2D eigenvalue weighted by Crippen LogP contribution is -2.37. The molecule has 2 N–H and O–H groups in total. The molecule has 0 spiro atoms. The first-order valence-electron chi connectivity index (χ1n) is 3.94. The highest BCUT2D eigenvalue weighted by atomic mass is 16.4. The summed E-state index contributed by atoms with van der Waals surface area (Å²) in [6.07, 6.45) is 3.43. The minimum atomic E-state index is -0.801. The minimum absolute atomic E-state index is 0.533. The molecule has 60 valence electrons. The van der Waals surface area contributed by atoms with Crippen LogP contribution in [-0.4, -0.2) is 23.7 Å². The molecule has 0 aromatic rings. The van der Waals surface area contributed by atoms with Crippen LogP contribution in [-0.2, 0) is 4.79 Å². The SMILES string of the molecule is O=C(O)/C=C1\CC2NCCC12. The standard InChI is InChI=1S/C8H11NO2/c10-8(11)4-5-3-7-6(5)1-2-9-7/h4,6-7,9H,1-3H2,(H,10,11)/b5-4+. The molecule has 1 heterocycles. The summed E-state index contributed by atoms with van der Waals surface area (Å²) in [5.74, 6) is -0.267. The Labute approximate surface area is 65.1 Å². The third kappa shape index (κ3) is 1.05. The molecule has 0 bridgehead atoms. The number of aliphatic carboxylic acids is 1. The molecule has 2 unspecified atom stereocenters. The van der Waals surface area contributed by atoms with E-state index >= 15 is 0 Å². The van der Waals surface area contributed by atoms with Gasteiger partial charge in [0.2, 0.25) is 0 Å². The third-order valence-electron chi connectivity index (χ3n) is 2.59. The number of nitrogens with one attached hydrogen (secondary N) is 1. The maximum Gasteiger partial charge on any atom is 0.328 e. The van der Waals surface area contributed by atoms with Gasteiger partial charge in [0.15, 0.2) is 0 Å². The molecule has 3 nitrogen and oxygen atoms in total. The van der Waals surface area contributed by atoms with Crippen LogP contribution in [0.1, 0.15) is 12.8 Å². The predicted molar refractivity (Wildman–Crippen MR) is 40.2 cm³/mol. The second kappa shape index (κ2) is 2.34. The van der Waals surface area contributed by atoms with Crippen LogP contribution in [0.2, 0.25) is 0 Å². The fraction of sp³-hybridized carbons (Fsp3) is 0.625. The molecular weight excluding hydrogens is 142 g/mol. The van der Waals surface area contributed by atoms with Gasteiger partial charge in [-0.2, -0.15) is 0 Å². The van der Waals surface area contributed by atoms with Gasteiger partial charge in [-0.3, -0.25) is 0 Å². The number of carboxylic acids is 1. The number of fused-ring (bicyclic) bond motifs is 1. The zero-order valence-corrected chi connectivity index (χ0v) is 6.21. The van der Waals surface area contributed by atoms with Crippen molar-refractivity contribution in [1.82, 2.24) is 5.32 Å². The number of carbonyl (C=O) groups is 1. The first-order valence-corrected chi connectivity index (χ1v) is 3.94. The highest BCUT2D eigenvalue weighted by Gasteiger charge is 2.39. The minimum Gasteiger partial charge on any atom is -0.478 e. The van der Waals surface area contributed by atoms with Gasteiger partial charge in [-0.05, 0) is 25.3 Å². The van der Waals surface area contributed by atoms with Crippen molar-refractivity contribution in [3.63, 3.8) is 0 Å². The summed E-state index contributed by atoms with van der Waals surface area (Å²) in [5, 5.41) is 11.8. The van der Waals surface area contributed by atoms with E-state index in [0.717, 1.165) is 25.0 Å². The molecule has 2 atom stereocenters. The number of hydrogen-bond acceptors (Lipinski definition) is 2. The maximum atomic E-state index is 10.3. The largest absolute Gasteiger partial charge is 0.478 e. The maximum absolute atomic E-state index is 10.3. The summed E-state index contributed by atoms with van der Waals surface area (Å²) >= 11 is 0. The lowest BCUT2D eigenvalue weighted by atomic mass is 9.75. The van der Waals surface area contributed by atoms with Crippen LogP contribution in [0.3, 0.4) is 0 Å². The van der Waals surface area contributed by atoms with Crippen molar-refractivity contribution in [3.05, 3.63) is 11.6 Å². The Morgan fingerprint density at radius 1 is 1.73 bits per heavy atom. The average molecular weight is 153 g/mol. The van der Waals surface area contributed by atoms with Crippen molar-refractivity contribution < 1.29 is 9.90 Å². The van der Waals surface area contributed by atoms with Crippen molar-refractivity contribution >= 4 is 5.97 Å². The van der Waals surface area contributed by atoms with E-state index in [2.05, 4.69) is 5.32 Å². The molecule has 3 heteroatoms. The fourth-order valence-corrected chi connectivity index (χ4v) is 2.00. The summed E-state index contributed by atoms with van der Waals surface area (Å²) in [7, 11) is 0. The molecule has 0 radical (unpaired) electrons. The molecule has 1 saturated carbocycles. The highest BCUT2D eigenvalue weighted by Crippen LogP contribution is 2.39. The third-order valence-corrected chi connectivity index (χ3v) is 2.59. The van der Waals surface area contributed by atoms with E-state index in [1.54, 1.807) is 0 Å². The molecule has 2 rings (SSSR count). The number of carboxylic acid groups (broad SMARTS) is 1. The number of hydrogen-bond donors (Lipinski definition) is 2. The molecule has 0 aromatic heterocycles. The summed E-state index contributed by atoms with van der Waals surface area (Å²) in [6.45, 7) is 1.05. The molecule has 2 fully saturated rings. The predicted octanol–water partition coefficient (Wildman–Crippen LogP) is 0.379. The van der Waals surface area contributed by atoms with E-state index in [9.17, 15) is 4.79 Å². The summed E-state index contributed by atoms with van der Waals surface area (Å²) in [6, 6.07) is 0.584. The van der Waals surface area contributed by atoms with Gasteiger partial charge in [-0.1, -0.05) is 5.57 Å². The second-order valence-corrected chi connectivity index (χ2v) is 3.22. The van der Waals surface area contributed by atoms with Gasteiger partial charge in [-0.25, -0.2) is 4.79 Å². The smallest absolute Gasteiger partial charge is 0.328 e. The van der Waals surface area contributed by atoms with Gasteiger partial charge in [0, 0.05) is 12.1 Å². The zero-order valence-electron chi connectivity index (χ0n) is 6.21. The Kier molecular flexibility index (Phi) is 1.46. The molecule has 1 aliphatic carbocycles. The first kappa shape index (κ1) is 6.85. The van der Waals surface area contributed by atoms with Gasteiger partial charge in [-0.15, -0.1) is 0 Å². The lowest BCUT2D eigenvalue weighted by molar-refractivity contribution is -0.131. The fourth-order valence-electron chi connectivity index (χ4n) is 2.00. The lowest BCUT2D eigenvalue weighted by Gasteiger charge is -2.33. The molecule has 1 saturated heterocycles. The van der Waals surface area contributed by atoms with E-state index in [1.807, 2.05) is 0 Å². The highest BCUT2D eigenvalue weighted by molar-refractivity contribution is 5.81. The zero-order chi connectivity index (χ0) is 7.84.